The Morgan fingerprint density at radius 2 is 0.909 bits per heavy atom. The van der Waals surface area contributed by atoms with Crippen molar-refractivity contribution in [3.63, 3.8) is 0 Å². The smallest absolute Gasteiger partial charge is 0.0978 e. The van der Waals surface area contributed by atoms with E-state index in [1.54, 1.807) is 0 Å². The summed E-state index contributed by atoms with van der Waals surface area (Å²) >= 11 is 13.1. The molecule has 0 fully saturated rings. The molecule has 0 aliphatic heterocycles. The summed E-state index contributed by atoms with van der Waals surface area (Å²) in [6, 6.07) is 45.7. The number of benzene rings is 6. The quantitative estimate of drug-likeness (QED) is 0.180. The highest BCUT2D eigenvalue weighted by atomic mass is 35.5. The first-order valence-corrected chi connectivity index (χ1v) is 15.6. The van der Waals surface area contributed by atoms with Gasteiger partial charge in [0.2, 0.25) is 0 Å². The molecule has 2 atom stereocenters. The average molecular weight is 610 g/mol. The Kier molecular flexibility index (Phi) is 7.64. The molecule has 1 aliphatic carbocycles. The molecule has 6 aromatic rings. The van der Waals surface area contributed by atoms with Crippen LogP contribution in [0.5, 0.6) is 0 Å². The maximum atomic E-state index is 6.57. The summed E-state index contributed by atoms with van der Waals surface area (Å²) in [4.78, 5) is 10.8. The number of halogens is 2. The predicted molar refractivity (Wildman–Crippen MR) is 187 cm³/mol. The number of hydrogen-bond donors (Lipinski definition) is 0. The molecule has 0 amide bonds. The Labute approximate surface area is 268 Å². The summed E-state index contributed by atoms with van der Waals surface area (Å²) in [6.07, 6.45) is 0. The van der Waals surface area contributed by atoms with Crippen LogP contribution in [-0.4, -0.2) is 11.4 Å². The molecule has 0 saturated heterocycles. The standard InChI is InChI=1S/C40H30Cl2N2/c1-25(27-11-5-3-6-12-27)34-23-30(41)19-21-36(34)43-39-32-17-9-15-29-16-10-18-33(38(29)32)40(39)44-37-22-20-31(42)24-35(37)26(2)28-13-7-4-8-14-28/h3-26H,1-2H3. The van der Waals surface area contributed by atoms with E-state index in [0.717, 1.165) is 45.1 Å². The summed E-state index contributed by atoms with van der Waals surface area (Å²) in [5.41, 5.74) is 10.2. The fourth-order valence-electron chi connectivity index (χ4n) is 6.25. The Bertz CT molecular complexity index is 1920. The monoisotopic (exact) mass is 608 g/mol. The van der Waals surface area contributed by atoms with Gasteiger partial charge in [0.1, 0.15) is 0 Å². The number of nitrogens with zero attached hydrogens (tertiary/aromatic N) is 2. The minimum absolute atomic E-state index is 0.101. The van der Waals surface area contributed by atoms with Crippen LogP contribution < -0.4 is 0 Å². The fraction of sp³-hybridized carbons (Fsp3) is 0.100. The average Bonchev–Trinajstić information content (AvgIpc) is 3.36. The van der Waals surface area contributed by atoms with Crippen LogP contribution in [0.15, 0.2) is 143 Å². The number of hydrogen-bond acceptors (Lipinski definition) is 2. The zero-order valence-electron chi connectivity index (χ0n) is 24.5. The zero-order valence-corrected chi connectivity index (χ0v) is 26.0. The summed E-state index contributed by atoms with van der Waals surface area (Å²) in [7, 11) is 0. The SMILES string of the molecule is CC(c1ccccc1)c1cc(Cl)ccc1N=C1C(=Nc2ccc(Cl)cc2C(C)c2ccccc2)c2cccc3cccc1c23. The third-order valence-electron chi connectivity index (χ3n) is 8.62. The first kappa shape index (κ1) is 28.3. The second-order valence-electron chi connectivity index (χ2n) is 11.3. The van der Waals surface area contributed by atoms with Crippen molar-refractivity contribution in [3.05, 3.63) is 177 Å². The normalized spacial score (nSPS) is 15.6. The zero-order chi connectivity index (χ0) is 30.2. The Morgan fingerprint density at radius 1 is 0.477 bits per heavy atom. The van der Waals surface area contributed by atoms with E-state index in [1.165, 1.54) is 21.9 Å². The molecule has 0 spiro atoms. The summed E-state index contributed by atoms with van der Waals surface area (Å²) in [5, 5.41) is 3.72. The van der Waals surface area contributed by atoms with Crippen LogP contribution >= 0.6 is 23.2 Å². The molecule has 44 heavy (non-hydrogen) atoms. The summed E-state index contributed by atoms with van der Waals surface area (Å²) in [6.45, 7) is 4.41. The summed E-state index contributed by atoms with van der Waals surface area (Å²) in [5.74, 6) is 0.201. The van der Waals surface area contributed by atoms with Crippen molar-refractivity contribution in [2.45, 2.75) is 25.7 Å². The van der Waals surface area contributed by atoms with Crippen LogP contribution in [-0.2, 0) is 0 Å². The van der Waals surface area contributed by atoms with Crippen LogP contribution in [0.3, 0.4) is 0 Å². The van der Waals surface area contributed by atoms with E-state index in [2.05, 4.69) is 98.8 Å². The Balaban J connectivity index is 1.44. The highest BCUT2D eigenvalue weighted by Gasteiger charge is 2.28. The molecular weight excluding hydrogens is 579 g/mol. The van der Waals surface area contributed by atoms with E-state index in [-0.39, 0.29) is 11.8 Å². The van der Waals surface area contributed by atoms with E-state index in [0.29, 0.717) is 10.0 Å². The molecular formula is C40H30Cl2N2. The lowest BCUT2D eigenvalue weighted by Gasteiger charge is -2.17. The van der Waals surface area contributed by atoms with Crippen molar-refractivity contribution in [1.29, 1.82) is 0 Å². The van der Waals surface area contributed by atoms with Crippen LogP contribution in [0, 0.1) is 0 Å². The van der Waals surface area contributed by atoms with Gasteiger partial charge >= 0.3 is 0 Å². The largest absolute Gasteiger partial charge is 0.246 e. The third-order valence-corrected chi connectivity index (χ3v) is 9.09. The second-order valence-corrected chi connectivity index (χ2v) is 12.2. The minimum atomic E-state index is 0.101. The Morgan fingerprint density at radius 3 is 1.34 bits per heavy atom. The molecule has 214 valence electrons. The lowest BCUT2D eigenvalue weighted by Crippen LogP contribution is -2.11. The van der Waals surface area contributed by atoms with E-state index in [1.807, 2.05) is 48.5 Å². The van der Waals surface area contributed by atoms with Gasteiger partial charge < -0.3 is 0 Å². The molecule has 2 nitrogen and oxygen atoms in total. The van der Waals surface area contributed by atoms with E-state index in [9.17, 15) is 0 Å². The van der Waals surface area contributed by atoms with Crippen LogP contribution in [0.1, 0.15) is 59.1 Å². The first-order chi connectivity index (χ1) is 21.5. The minimum Gasteiger partial charge on any atom is -0.246 e. The lowest BCUT2D eigenvalue weighted by atomic mass is 9.91. The fourth-order valence-corrected chi connectivity index (χ4v) is 6.61. The van der Waals surface area contributed by atoms with Crippen molar-refractivity contribution < 1.29 is 0 Å². The van der Waals surface area contributed by atoms with Gasteiger partial charge in [0.15, 0.2) is 0 Å². The van der Waals surface area contributed by atoms with Gasteiger partial charge in [-0.3, -0.25) is 0 Å². The third kappa shape index (κ3) is 5.26. The van der Waals surface area contributed by atoms with Gasteiger partial charge in [0.05, 0.1) is 22.8 Å². The molecule has 0 radical (unpaired) electrons. The van der Waals surface area contributed by atoms with Crippen molar-refractivity contribution in [1.82, 2.24) is 0 Å². The Hall–Kier alpha value is -4.50. The molecule has 1 aliphatic rings. The summed E-state index contributed by atoms with van der Waals surface area (Å²) < 4.78 is 0. The van der Waals surface area contributed by atoms with Gasteiger partial charge in [-0.15, -0.1) is 0 Å². The molecule has 6 aromatic carbocycles. The molecule has 4 heteroatoms. The maximum Gasteiger partial charge on any atom is 0.0978 e. The van der Waals surface area contributed by atoms with Crippen molar-refractivity contribution >= 4 is 56.8 Å². The van der Waals surface area contributed by atoms with Gasteiger partial charge in [-0.05, 0) is 64.0 Å². The molecule has 2 unspecified atom stereocenters. The van der Waals surface area contributed by atoms with Gasteiger partial charge in [0.25, 0.3) is 0 Å². The van der Waals surface area contributed by atoms with Crippen molar-refractivity contribution in [3.8, 4) is 0 Å². The first-order valence-electron chi connectivity index (χ1n) is 14.9. The predicted octanol–water partition coefficient (Wildman–Crippen LogP) is 11.7. The molecule has 0 heterocycles. The maximum absolute atomic E-state index is 6.57. The van der Waals surface area contributed by atoms with Crippen LogP contribution in [0.2, 0.25) is 10.0 Å². The van der Waals surface area contributed by atoms with E-state index in [4.69, 9.17) is 33.2 Å². The number of rotatable bonds is 6. The van der Waals surface area contributed by atoms with Crippen LogP contribution in [0.4, 0.5) is 11.4 Å². The van der Waals surface area contributed by atoms with Gasteiger partial charge in [-0.25, -0.2) is 9.98 Å². The van der Waals surface area contributed by atoms with Gasteiger partial charge in [-0.2, -0.15) is 0 Å². The van der Waals surface area contributed by atoms with Crippen molar-refractivity contribution in [2.75, 3.05) is 0 Å². The topological polar surface area (TPSA) is 24.7 Å². The van der Waals surface area contributed by atoms with E-state index >= 15 is 0 Å². The van der Waals surface area contributed by atoms with Gasteiger partial charge in [0, 0.05) is 38.4 Å². The second kappa shape index (κ2) is 11.9. The molecule has 0 saturated carbocycles. The van der Waals surface area contributed by atoms with Gasteiger partial charge in [-0.1, -0.05) is 134 Å². The lowest BCUT2D eigenvalue weighted by molar-refractivity contribution is 0.922. The highest BCUT2D eigenvalue weighted by molar-refractivity contribution is 6.61. The molecule has 0 bridgehead atoms. The number of aliphatic imine (C=N–C) groups is 2. The molecule has 0 aromatic heterocycles. The highest BCUT2D eigenvalue weighted by Crippen LogP contribution is 2.40. The van der Waals surface area contributed by atoms with Crippen LogP contribution in [0.25, 0.3) is 10.8 Å². The molecule has 0 N–H and O–H groups in total. The van der Waals surface area contributed by atoms with Crippen molar-refractivity contribution in [2.24, 2.45) is 9.98 Å². The van der Waals surface area contributed by atoms with E-state index < -0.39 is 0 Å². The molecule has 7 rings (SSSR count).